The van der Waals surface area contributed by atoms with Crippen LogP contribution in [-0.2, 0) is 4.74 Å². The molecule has 0 spiro atoms. The molecule has 1 atom stereocenters. The molecule has 168 valence electrons. The molecular formula is C24H46N4O. The van der Waals surface area contributed by atoms with Gasteiger partial charge in [-0.05, 0) is 70.9 Å². The lowest BCUT2D eigenvalue weighted by Crippen LogP contribution is -2.41. The normalized spacial score (nSPS) is 25.3. The molecule has 1 saturated carbocycles. The summed E-state index contributed by atoms with van der Waals surface area (Å²) in [6.07, 6.45) is 16.4. The van der Waals surface area contributed by atoms with Crippen molar-refractivity contribution >= 4 is 5.96 Å². The number of nitrogens with one attached hydrogen (secondary N) is 1. The summed E-state index contributed by atoms with van der Waals surface area (Å²) in [5.41, 5.74) is 0. The average molecular weight is 407 g/mol. The Balaban J connectivity index is 1.32. The first kappa shape index (κ1) is 22.9. The zero-order valence-electron chi connectivity index (χ0n) is 19.0. The molecule has 3 aliphatic rings. The first-order valence-electron chi connectivity index (χ1n) is 12.7. The maximum atomic E-state index is 6.12. The summed E-state index contributed by atoms with van der Waals surface area (Å²) in [6, 6.07) is 0. The van der Waals surface area contributed by atoms with Crippen LogP contribution in [0.25, 0.3) is 0 Å². The molecule has 0 bridgehead atoms. The van der Waals surface area contributed by atoms with Gasteiger partial charge in [0.05, 0.1) is 6.10 Å². The van der Waals surface area contributed by atoms with Gasteiger partial charge < -0.3 is 19.9 Å². The van der Waals surface area contributed by atoms with Crippen molar-refractivity contribution in [2.24, 2.45) is 10.9 Å². The number of rotatable bonds is 9. The molecule has 0 aromatic rings. The fraction of sp³-hybridized carbons (Fsp3) is 0.958. The Kier molecular flexibility index (Phi) is 10.6. The number of unbranched alkanes of at least 4 members (excludes halogenated alkanes) is 1. The van der Waals surface area contributed by atoms with E-state index in [4.69, 9.17) is 9.73 Å². The molecular weight excluding hydrogens is 360 g/mol. The van der Waals surface area contributed by atoms with Gasteiger partial charge in [-0.2, -0.15) is 0 Å². The summed E-state index contributed by atoms with van der Waals surface area (Å²) in [4.78, 5) is 10.1. The molecule has 1 unspecified atom stereocenters. The quantitative estimate of drug-likeness (QED) is 0.268. The lowest BCUT2D eigenvalue weighted by Gasteiger charge is -2.29. The fourth-order valence-electron chi connectivity index (χ4n) is 5.16. The van der Waals surface area contributed by atoms with Gasteiger partial charge in [0, 0.05) is 39.3 Å². The van der Waals surface area contributed by atoms with E-state index in [0.717, 1.165) is 51.0 Å². The molecule has 5 nitrogen and oxygen atoms in total. The van der Waals surface area contributed by atoms with E-state index in [1.165, 1.54) is 90.4 Å². The van der Waals surface area contributed by atoms with Crippen molar-refractivity contribution in [3.05, 3.63) is 0 Å². The smallest absolute Gasteiger partial charge is 0.193 e. The molecule has 0 radical (unpaired) electrons. The monoisotopic (exact) mass is 406 g/mol. The number of likely N-dealkylation sites (tertiary alicyclic amines) is 2. The number of piperidine rings is 1. The minimum Gasteiger partial charge on any atom is -0.378 e. The SMILES string of the molecule is CCNC(=NCCCCOC1CCCCCC1)N1CCC(CN2CCCCC2)C1. The molecule has 29 heavy (non-hydrogen) atoms. The molecule has 5 heteroatoms. The highest BCUT2D eigenvalue weighted by atomic mass is 16.5. The van der Waals surface area contributed by atoms with Crippen molar-refractivity contribution < 1.29 is 4.74 Å². The summed E-state index contributed by atoms with van der Waals surface area (Å²) >= 11 is 0. The molecule has 2 aliphatic heterocycles. The molecule has 2 heterocycles. The van der Waals surface area contributed by atoms with Crippen molar-refractivity contribution in [3.63, 3.8) is 0 Å². The lowest BCUT2D eigenvalue weighted by molar-refractivity contribution is 0.0412. The summed E-state index contributed by atoms with van der Waals surface area (Å²) in [5, 5.41) is 3.53. The van der Waals surface area contributed by atoms with Gasteiger partial charge in [0.1, 0.15) is 0 Å². The minimum atomic E-state index is 0.528. The van der Waals surface area contributed by atoms with Gasteiger partial charge in [0.2, 0.25) is 0 Å². The molecule has 2 saturated heterocycles. The van der Waals surface area contributed by atoms with Crippen LogP contribution in [-0.4, -0.2) is 74.3 Å². The van der Waals surface area contributed by atoms with Gasteiger partial charge in [0.25, 0.3) is 0 Å². The summed E-state index contributed by atoms with van der Waals surface area (Å²) < 4.78 is 6.12. The van der Waals surface area contributed by atoms with Crippen LogP contribution in [0, 0.1) is 5.92 Å². The van der Waals surface area contributed by atoms with E-state index in [-0.39, 0.29) is 0 Å². The second-order valence-corrected chi connectivity index (χ2v) is 9.39. The first-order chi connectivity index (χ1) is 14.3. The highest BCUT2D eigenvalue weighted by molar-refractivity contribution is 5.80. The van der Waals surface area contributed by atoms with Crippen molar-refractivity contribution in [1.29, 1.82) is 0 Å². The predicted octanol–water partition coefficient (Wildman–Crippen LogP) is 4.28. The van der Waals surface area contributed by atoms with Crippen LogP contribution < -0.4 is 5.32 Å². The summed E-state index contributed by atoms with van der Waals surface area (Å²) in [7, 11) is 0. The number of guanidine groups is 1. The molecule has 0 aromatic heterocycles. The third-order valence-corrected chi connectivity index (χ3v) is 6.86. The fourth-order valence-corrected chi connectivity index (χ4v) is 5.16. The van der Waals surface area contributed by atoms with Crippen LogP contribution >= 0.6 is 0 Å². The average Bonchev–Trinajstić information content (AvgIpc) is 3.04. The topological polar surface area (TPSA) is 40.1 Å². The lowest BCUT2D eigenvalue weighted by atomic mass is 10.1. The van der Waals surface area contributed by atoms with Gasteiger partial charge in [0.15, 0.2) is 5.96 Å². The maximum absolute atomic E-state index is 6.12. The van der Waals surface area contributed by atoms with Crippen LogP contribution in [0.5, 0.6) is 0 Å². The Hall–Kier alpha value is -0.810. The maximum Gasteiger partial charge on any atom is 0.193 e. The standard InChI is InChI=1S/C24H46N4O/c1-2-25-24(26-15-8-11-19-29-23-12-6-3-4-7-13-23)28-18-14-22(21-28)20-27-16-9-5-10-17-27/h22-23H,2-21H2,1H3,(H,25,26). The van der Waals surface area contributed by atoms with Crippen LogP contribution in [0.2, 0.25) is 0 Å². The van der Waals surface area contributed by atoms with E-state index in [1.54, 1.807) is 0 Å². The number of hydrogen-bond donors (Lipinski definition) is 1. The van der Waals surface area contributed by atoms with Crippen LogP contribution in [0.1, 0.15) is 84.0 Å². The third kappa shape index (κ3) is 8.45. The molecule has 1 N–H and O–H groups in total. The predicted molar refractivity (Wildman–Crippen MR) is 123 cm³/mol. The van der Waals surface area contributed by atoms with E-state index in [9.17, 15) is 0 Å². The van der Waals surface area contributed by atoms with E-state index in [1.807, 2.05) is 0 Å². The molecule has 1 aliphatic carbocycles. The number of nitrogens with zero attached hydrogens (tertiary/aromatic N) is 3. The Morgan fingerprint density at radius 3 is 2.45 bits per heavy atom. The summed E-state index contributed by atoms with van der Waals surface area (Å²) in [6.45, 7) is 11.2. The molecule has 0 amide bonds. The minimum absolute atomic E-state index is 0.528. The Morgan fingerprint density at radius 2 is 1.69 bits per heavy atom. The molecule has 0 aromatic carbocycles. The third-order valence-electron chi connectivity index (χ3n) is 6.86. The Labute approximate surface area is 179 Å². The van der Waals surface area contributed by atoms with E-state index in [0.29, 0.717) is 6.10 Å². The van der Waals surface area contributed by atoms with Crippen molar-refractivity contribution in [2.45, 2.75) is 90.1 Å². The van der Waals surface area contributed by atoms with E-state index < -0.39 is 0 Å². The second kappa shape index (κ2) is 13.5. The van der Waals surface area contributed by atoms with Gasteiger partial charge in [-0.15, -0.1) is 0 Å². The van der Waals surface area contributed by atoms with Crippen molar-refractivity contribution in [2.75, 3.05) is 52.4 Å². The first-order valence-corrected chi connectivity index (χ1v) is 12.7. The molecule has 3 rings (SSSR count). The zero-order chi connectivity index (χ0) is 20.2. The highest BCUT2D eigenvalue weighted by Crippen LogP contribution is 2.21. The number of hydrogen-bond acceptors (Lipinski definition) is 3. The van der Waals surface area contributed by atoms with Crippen LogP contribution in [0.15, 0.2) is 4.99 Å². The van der Waals surface area contributed by atoms with Gasteiger partial charge in [-0.3, -0.25) is 4.99 Å². The highest BCUT2D eigenvalue weighted by Gasteiger charge is 2.26. The Morgan fingerprint density at radius 1 is 0.931 bits per heavy atom. The van der Waals surface area contributed by atoms with Gasteiger partial charge >= 0.3 is 0 Å². The van der Waals surface area contributed by atoms with E-state index >= 15 is 0 Å². The van der Waals surface area contributed by atoms with Gasteiger partial charge in [-0.1, -0.05) is 32.1 Å². The number of aliphatic imine (C=N–C) groups is 1. The van der Waals surface area contributed by atoms with Crippen molar-refractivity contribution in [1.82, 2.24) is 15.1 Å². The molecule has 3 fully saturated rings. The zero-order valence-corrected chi connectivity index (χ0v) is 19.0. The largest absolute Gasteiger partial charge is 0.378 e. The summed E-state index contributed by atoms with van der Waals surface area (Å²) in [5.74, 6) is 1.95. The van der Waals surface area contributed by atoms with Crippen molar-refractivity contribution in [3.8, 4) is 0 Å². The van der Waals surface area contributed by atoms with Crippen LogP contribution in [0.4, 0.5) is 0 Å². The van der Waals surface area contributed by atoms with E-state index in [2.05, 4.69) is 22.0 Å². The van der Waals surface area contributed by atoms with Crippen LogP contribution in [0.3, 0.4) is 0 Å². The second-order valence-electron chi connectivity index (χ2n) is 9.39. The number of ether oxygens (including phenoxy) is 1. The Bertz CT molecular complexity index is 456. The van der Waals surface area contributed by atoms with Gasteiger partial charge in [-0.25, -0.2) is 0 Å².